The van der Waals surface area contributed by atoms with Crippen LogP contribution in [0.25, 0.3) is 20.8 Å². The van der Waals surface area contributed by atoms with Gasteiger partial charge >= 0.3 is 0 Å². The van der Waals surface area contributed by atoms with E-state index >= 15 is 0 Å². The number of aromatic nitrogens is 3. The molecule has 0 saturated carbocycles. The summed E-state index contributed by atoms with van der Waals surface area (Å²) in [4.78, 5) is 24.7. The fraction of sp³-hybridized carbons (Fsp3) is 0.286. The molecular weight excluding hydrogens is 470 g/mol. The Kier molecular flexibility index (Phi) is 5.01. The highest BCUT2D eigenvalue weighted by molar-refractivity contribution is 9.10. The van der Waals surface area contributed by atoms with E-state index in [1.165, 1.54) is 16.9 Å². The number of rotatable bonds is 4. The van der Waals surface area contributed by atoms with E-state index < -0.39 is 0 Å². The Hall–Kier alpha value is -2.03. The molecule has 29 heavy (non-hydrogen) atoms. The van der Waals surface area contributed by atoms with Gasteiger partial charge in [-0.05, 0) is 49.4 Å². The number of ether oxygens (including phenoxy) is 1. The Morgan fingerprint density at radius 1 is 1.28 bits per heavy atom. The van der Waals surface area contributed by atoms with Gasteiger partial charge in [-0.15, -0.1) is 22.7 Å². The van der Waals surface area contributed by atoms with E-state index in [2.05, 4.69) is 20.9 Å². The Morgan fingerprint density at radius 3 is 3.00 bits per heavy atom. The van der Waals surface area contributed by atoms with Gasteiger partial charge in [-0.25, -0.2) is 9.97 Å². The maximum Gasteiger partial charge on any atom is 0.262 e. The van der Waals surface area contributed by atoms with Crippen LogP contribution in [0.1, 0.15) is 29.0 Å². The molecule has 4 aromatic rings. The van der Waals surface area contributed by atoms with Gasteiger partial charge in [-0.3, -0.25) is 9.36 Å². The lowest BCUT2D eigenvalue weighted by Gasteiger charge is -2.10. The summed E-state index contributed by atoms with van der Waals surface area (Å²) >= 11 is 6.74. The number of fused-ring (bicyclic) bond motifs is 3. The zero-order valence-corrected chi connectivity index (χ0v) is 19.0. The third-order valence-electron chi connectivity index (χ3n) is 5.22. The molecule has 8 heteroatoms. The van der Waals surface area contributed by atoms with Crippen molar-refractivity contribution in [2.24, 2.45) is 0 Å². The van der Waals surface area contributed by atoms with Crippen LogP contribution in [0.3, 0.4) is 0 Å². The molecule has 0 radical (unpaired) electrons. The first kappa shape index (κ1) is 19.0. The lowest BCUT2D eigenvalue weighted by Crippen LogP contribution is -2.21. The minimum Gasteiger partial charge on any atom is -0.496 e. The van der Waals surface area contributed by atoms with Crippen molar-refractivity contribution in [2.75, 3.05) is 7.11 Å². The molecule has 3 heterocycles. The average molecular weight is 488 g/mol. The minimum absolute atomic E-state index is 0.0454. The monoisotopic (exact) mass is 487 g/mol. The first-order chi connectivity index (χ1) is 14.1. The van der Waals surface area contributed by atoms with E-state index in [9.17, 15) is 4.79 Å². The number of benzene rings is 1. The van der Waals surface area contributed by atoms with E-state index in [0.29, 0.717) is 6.54 Å². The summed E-state index contributed by atoms with van der Waals surface area (Å²) < 4.78 is 8.13. The standard InChI is InChI=1S/C21H18BrN3O2S2/c1-27-16-7-6-12(22)8-15(16)19-24-13(10-28-19)9-25-11-23-20-18(21(25)26)14-4-2-3-5-17(14)29-20/h6-8,10-11H,2-5,9H2,1H3. The third kappa shape index (κ3) is 3.43. The lowest BCUT2D eigenvalue weighted by molar-refractivity contribution is 0.416. The Bertz CT molecular complexity index is 1270. The van der Waals surface area contributed by atoms with Crippen molar-refractivity contribution < 1.29 is 4.74 Å². The molecular formula is C21H18BrN3O2S2. The number of thiophene rings is 1. The van der Waals surface area contributed by atoms with Crippen molar-refractivity contribution in [1.82, 2.24) is 14.5 Å². The van der Waals surface area contributed by atoms with Gasteiger partial charge in [0.15, 0.2) is 0 Å². The second kappa shape index (κ2) is 7.66. The summed E-state index contributed by atoms with van der Waals surface area (Å²) in [6.45, 7) is 0.416. The SMILES string of the molecule is COc1ccc(Br)cc1-c1nc(Cn2cnc3sc4c(c3c2=O)CCCC4)cs1. The molecule has 0 N–H and O–H groups in total. The van der Waals surface area contributed by atoms with Crippen LogP contribution in [-0.2, 0) is 19.4 Å². The van der Waals surface area contributed by atoms with E-state index in [-0.39, 0.29) is 5.56 Å². The van der Waals surface area contributed by atoms with Crippen molar-refractivity contribution in [3.63, 3.8) is 0 Å². The second-order valence-corrected chi connectivity index (χ2v) is 9.91. The number of methoxy groups -OCH3 is 1. The van der Waals surface area contributed by atoms with Crippen LogP contribution in [-0.4, -0.2) is 21.6 Å². The Labute approximate surface area is 184 Å². The van der Waals surface area contributed by atoms with Gasteiger partial charge in [0.25, 0.3) is 5.56 Å². The predicted octanol–water partition coefficient (Wildman–Crippen LogP) is 5.28. The third-order valence-corrected chi connectivity index (χ3v) is 7.84. The summed E-state index contributed by atoms with van der Waals surface area (Å²) in [6.07, 6.45) is 6.07. The van der Waals surface area contributed by atoms with Gasteiger partial charge < -0.3 is 4.74 Å². The van der Waals surface area contributed by atoms with Gasteiger partial charge in [0, 0.05) is 14.7 Å². The first-order valence-corrected chi connectivity index (χ1v) is 11.9. The zero-order valence-electron chi connectivity index (χ0n) is 15.8. The van der Waals surface area contributed by atoms with Crippen molar-refractivity contribution in [1.29, 1.82) is 0 Å². The number of hydrogen-bond donors (Lipinski definition) is 0. The van der Waals surface area contributed by atoms with Crippen LogP contribution in [0.4, 0.5) is 0 Å². The van der Waals surface area contributed by atoms with Gasteiger partial charge in [-0.1, -0.05) is 15.9 Å². The van der Waals surface area contributed by atoms with Crippen molar-refractivity contribution in [3.8, 4) is 16.3 Å². The Morgan fingerprint density at radius 2 is 2.14 bits per heavy atom. The Balaban J connectivity index is 1.50. The van der Waals surface area contributed by atoms with Crippen LogP contribution in [0.2, 0.25) is 0 Å². The summed E-state index contributed by atoms with van der Waals surface area (Å²) in [5, 5.41) is 3.68. The van der Waals surface area contributed by atoms with E-state index in [0.717, 1.165) is 56.0 Å². The average Bonchev–Trinajstić information content (AvgIpc) is 3.35. The fourth-order valence-corrected chi connectivity index (χ4v) is 6.23. The molecule has 0 bridgehead atoms. The highest BCUT2D eigenvalue weighted by Crippen LogP contribution is 2.35. The van der Waals surface area contributed by atoms with Gasteiger partial charge in [0.05, 0.1) is 36.6 Å². The molecule has 0 amide bonds. The highest BCUT2D eigenvalue weighted by Gasteiger charge is 2.20. The van der Waals surface area contributed by atoms with Gasteiger partial charge in [0.1, 0.15) is 15.6 Å². The fourth-order valence-electron chi connectivity index (χ4n) is 3.82. The second-order valence-electron chi connectivity index (χ2n) is 7.06. The molecule has 0 atom stereocenters. The zero-order chi connectivity index (χ0) is 20.0. The number of nitrogens with zero attached hydrogens (tertiary/aromatic N) is 3. The summed E-state index contributed by atoms with van der Waals surface area (Å²) in [5.41, 5.74) is 3.05. The molecule has 1 aliphatic rings. The van der Waals surface area contributed by atoms with E-state index in [1.807, 2.05) is 23.6 Å². The molecule has 0 unspecified atom stereocenters. The van der Waals surface area contributed by atoms with E-state index in [4.69, 9.17) is 9.72 Å². The summed E-state index contributed by atoms with van der Waals surface area (Å²) in [5.74, 6) is 0.777. The molecule has 0 saturated heterocycles. The summed E-state index contributed by atoms with van der Waals surface area (Å²) in [6, 6.07) is 5.86. The number of thiazole rings is 1. The van der Waals surface area contributed by atoms with Crippen LogP contribution in [0, 0.1) is 0 Å². The molecule has 5 rings (SSSR count). The molecule has 1 aliphatic carbocycles. The van der Waals surface area contributed by atoms with Crippen molar-refractivity contribution >= 4 is 48.8 Å². The van der Waals surface area contributed by atoms with Gasteiger partial charge in [-0.2, -0.15) is 0 Å². The smallest absolute Gasteiger partial charge is 0.262 e. The lowest BCUT2D eigenvalue weighted by atomic mass is 9.97. The largest absolute Gasteiger partial charge is 0.496 e. The molecule has 3 aromatic heterocycles. The normalized spacial score (nSPS) is 13.6. The van der Waals surface area contributed by atoms with Crippen molar-refractivity contribution in [3.05, 3.63) is 60.9 Å². The molecule has 0 spiro atoms. The van der Waals surface area contributed by atoms with Crippen LogP contribution in [0.5, 0.6) is 5.75 Å². The first-order valence-electron chi connectivity index (χ1n) is 9.42. The van der Waals surface area contributed by atoms with Crippen LogP contribution in [0.15, 0.2) is 39.2 Å². The molecule has 148 valence electrons. The highest BCUT2D eigenvalue weighted by atomic mass is 79.9. The van der Waals surface area contributed by atoms with Crippen LogP contribution >= 0.6 is 38.6 Å². The number of halogens is 1. The minimum atomic E-state index is 0.0454. The quantitative estimate of drug-likeness (QED) is 0.392. The predicted molar refractivity (Wildman–Crippen MR) is 121 cm³/mol. The topological polar surface area (TPSA) is 57.0 Å². The molecule has 1 aromatic carbocycles. The van der Waals surface area contributed by atoms with Crippen LogP contribution < -0.4 is 10.3 Å². The molecule has 5 nitrogen and oxygen atoms in total. The maximum atomic E-state index is 13.2. The molecule has 0 fully saturated rings. The maximum absolute atomic E-state index is 13.2. The van der Waals surface area contributed by atoms with Gasteiger partial charge in [0.2, 0.25) is 0 Å². The summed E-state index contributed by atoms with van der Waals surface area (Å²) in [7, 11) is 1.66. The van der Waals surface area contributed by atoms with Crippen molar-refractivity contribution in [2.45, 2.75) is 32.2 Å². The molecule has 0 aliphatic heterocycles. The van der Waals surface area contributed by atoms with E-state index in [1.54, 1.807) is 40.7 Å². The number of aryl methyl sites for hydroxylation is 2. The number of hydrogen-bond acceptors (Lipinski definition) is 6.